The van der Waals surface area contributed by atoms with Crippen molar-refractivity contribution in [3.63, 3.8) is 0 Å². The first kappa shape index (κ1) is 14.8. The summed E-state index contributed by atoms with van der Waals surface area (Å²) < 4.78 is 1.10. The molecular weight excluding hydrogens is 250 g/mol. The normalized spacial score (nSPS) is 11.9. The van der Waals surface area contributed by atoms with E-state index in [9.17, 15) is 14.4 Å². The summed E-state index contributed by atoms with van der Waals surface area (Å²) >= 11 is 0. The summed E-state index contributed by atoms with van der Waals surface area (Å²) in [6, 6.07) is -0.632. The molecule has 0 radical (unpaired) electrons. The second kappa shape index (κ2) is 6.07. The van der Waals surface area contributed by atoms with Gasteiger partial charge >= 0.3 is 5.69 Å². The van der Waals surface area contributed by atoms with Crippen molar-refractivity contribution in [1.29, 1.82) is 0 Å². The zero-order chi connectivity index (χ0) is 14.6. The van der Waals surface area contributed by atoms with E-state index >= 15 is 0 Å². The Labute approximate surface area is 110 Å². The Kier molecular flexibility index (Phi) is 4.74. The molecule has 0 saturated carbocycles. The van der Waals surface area contributed by atoms with E-state index in [0.29, 0.717) is 6.54 Å². The molecular formula is C11H19N5O3. The fourth-order valence-corrected chi connectivity index (χ4v) is 1.46. The minimum atomic E-state index is -0.643. The maximum atomic E-state index is 11.7. The number of nitrogen functional groups attached to an aromatic ring is 1. The molecule has 106 valence electrons. The number of hydrogen-bond acceptors (Lipinski definition) is 5. The topological polar surface area (TPSA) is 122 Å². The van der Waals surface area contributed by atoms with Gasteiger partial charge in [0.2, 0.25) is 5.91 Å². The molecule has 1 heterocycles. The zero-order valence-electron chi connectivity index (χ0n) is 11.2. The molecule has 1 rings (SSSR count). The van der Waals surface area contributed by atoms with Gasteiger partial charge in [0.25, 0.3) is 5.56 Å². The van der Waals surface area contributed by atoms with E-state index in [2.05, 4.69) is 15.6 Å². The average Bonchev–Trinajstić information content (AvgIpc) is 2.38. The van der Waals surface area contributed by atoms with E-state index in [4.69, 9.17) is 5.73 Å². The van der Waals surface area contributed by atoms with Crippen molar-refractivity contribution in [2.24, 2.45) is 7.05 Å². The van der Waals surface area contributed by atoms with Gasteiger partial charge < -0.3 is 16.4 Å². The monoisotopic (exact) mass is 269 g/mol. The SMILES string of the molecule is CCCNC(=O)C(C)Nc1c(N)n(C)c(=O)[nH]c1=O. The maximum absolute atomic E-state index is 11.7. The van der Waals surface area contributed by atoms with Crippen LogP contribution in [0.15, 0.2) is 9.59 Å². The fourth-order valence-electron chi connectivity index (χ4n) is 1.46. The molecule has 0 aliphatic carbocycles. The van der Waals surface area contributed by atoms with Gasteiger partial charge in [0.05, 0.1) is 0 Å². The predicted molar refractivity (Wildman–Crippen MR) is 73.1 cm³/mol. The lowest BCUT2D eigenvalue weighted by atomic mass is 10.3. The molecule has 19 heavy (non-hydrogen) atoms. The van der Waals surface area contributed by atoms with Crippen LogP contribution in [0.5, 0.6) is 0 Å². The van der Waals surface area contributed by atoms with Crippen molar-refractivity contribution in [2.75, 3.05) is 17.6 Å². The summed E-state index contributed by atoms with van der Waals surface area (Å²) in [5.41, 5.74) is 4.45. The first-order valence-electron chi connectivity index (χ1n) is 6.01. The van der Waals surface area contributed by atoms with Crippen LogP contribution in [0.4, 0.5) is 11.5 Å². The highest BCUT2D eigenvalue weighted by Crippen LogP contribution is 2.09. The van der Waals surface area contributed by atoms with Crippen molar-refractivity contribution in [1.82, 2.24) is 14.9 Å². The molecule has 1 unspecified atom stereocenters. The van der Waals surface area contributed by atoms with Gasteiger partial charge in [-0.3, -0.25) is 19.1 Å². The highest BCUT2D eigenvalue weighted by Gasteiger charge is 2.17. The van der Waals surface area contributed by atoms with Gasteiger partial charge in [-0.25, -0.2) is 4.79 Å². The second-order valence-corrected chi connectivity index (χ2v) is 4.24. The summed E-state index contributed by atoms with van der Waals surface area (Å²) in [7, 11) is 1.43. The highest BCUT2D eigenvalue weighted by atomic mass is 16.2. The maximum Gasteiger partial charge on any atom is 0.329 e. The molecule has 0 bridgehead atoms. The fraction of sp³-hybridized carbons (Fsp3) is 0.545. The lowest BCUT2D eigenvalue weighted by Crippen LogP contribution is -2.41. The van der Waals surface area contributed by atoms with Crippen LogP contribution in [0, 0.1) is 0 Å². The number of rotatable bonds is 5. The van der Waals surface area contributed by atoms with Crippen molar-refractivity contribution in [3.8, 4) is 0 Å². The van der Waals surface area contributed by atoms with Gasteiger partial charge in [0, 0.05) is 13.6 Å². The Balaban J connectivity index is 2.94. The number of H-pyrrole nitrogens is 1. The van der Waals surface area contributed by atoms with E-state index < -0.39 is 17.3 Å². The van der Waals surface area contributed by atoms with Crippen LogP contribution in [0.2, 0.25) is 0 Å². The summed E-state index contributed by atoms with van der Waals surface area (Å²) in [4.78, 5) is 36.7. The van der Waals surface area contributed by atoms with Crippen molar-refractivity contribution in [2.45, 2.75) is 26.3 Å². The standard InChI is InChI=1S/C11H19N5O3/c1-4-5-13-9(17)6(2)14-7-8(12)16(3)11(19)15-10(7)18/h6,14H,4-5,12H2,1-3H3,(H,13,17)(H,15,18,19). The molecule has 8 heteroatoms. The van der Waals surface area contributed by atoms with Gasteiger partial charge in [-0.05, 0) is 13.3 Å². The van der Waals surface area contributed by atoms with E-state index in [-0.39, 0.29) is 17.4 Å². The van der Waals surface area contributed by atoms with E-state index in [1.165, 1.54) is 7.05 Å². The van der Waals surface area contributed by atoms with Crippen LogP contribution in [0.25, 0.3) is 0 Å². The number of aromatic nitrogens is 2. The summed E-state index contributed by atoms with van der Waals surface area (Å²) in [5.74, 6) is -0.251. The van der Waals surface area contributed by atoms with Crippen molar-refractivity contribution in [3.05, 3.63) is 20.8 Å². The summed E-state index contributed by atoms with van der Waals surface area (Å²) in [5, 5.41) is 5.41. The van der Waals surface area contributed by atoms with Gasteiger partial charge in [-0.1, -0.05) is 6.92 Å². The van der Waals surface area contributed by atoms with E-state index in [1.807, 2.05) is 6.92 Å². The first-order valence-corrected chi connectivity index (χ1v) is 6.01. The largest absolute Gasteiger partial charge is 0.383 e. The molecule has 0 spiro atoms. The molecule has 1 aromatic rings. The van der Waals surface area contributed by atoms with E-state index in [0.717, 1.165) is 11.0 Å². The minimum absolute atomic E-state index is 0.0103. The number of carbonyl (C=O) groups excluding carboxylic acids is 1. The van der Waals surface area contributed by atoms with Crippen LogP contribution in [-0.4, -0.2) is 28.0 Å². The summed E-state index contributed by atoms with van der Waals surface area (Å²) in [6.07, 6.45) is 0.820. The molecule has 8 nitrogen and oxygen atoms in total. The van der Waals surface area contributed by atoms with E-state index in [1.54, 1.807) is 6.92 Å². The third-order valence-corrected chi connectivity index (χ3v) is 2.67. The van der Waals surface area contributed by atoms with Crippen LogP contribution >= 0.6 is 0 Å². The molecule has 0 aliphatic heterocycles. The predicted octanol–water partition coefficient (Wildman–Crippen LogP) is -1.02. The van der Waals surface area contributed by atoms with Crippen LogP contribution in [-0.2, 0) is 11.8 Å². The van der Waals surface area contributed by atoms with Gasteiger partial charge in [-0.2, -0.15) is 0 Å². The smallest absolute Gasteiger partial charge is 0.329 e. The van der Waals surface area contributed by atoms with Gasteiger partial charge in [0.15, 0.2) is 0 Å². The lowest BCUT2D eigenvalue weighted by Gasteiger charge is -2.16. The molecule has 1 amide bonds. The molecule has 0 saturated heterocycles. The zero-order valence-corrected chi connectivity index (χ0v) is 11.2. The molecule has 1 atom stereocenters. The number of nitrogens with one attached hydrogen (secondary N) is 3. The molecule has 0 aliphatic rings. The highest BCUT2D eigenvalue weighted by molar-refractivity contribution is 5.84. The average molecular weight is 269 g/mol. The Hall–Kier alpha value is -2.25. The van der Waals surface area contributed by atoms with Crippen LogP contribution in [0.1, 0.15) is 20.3 Å². The van der Waals surface area contributed by atoms with Crippen LogP contribution in [0.3, 0.4) is 0 Å². The number of amides is 1. The minimum Gasteiger partial charge on any atom is -0.383 e. The Morgan fingerprint density at radius 2 is 2.11 bits per heavy atom. The number of nitrogens with zero attached hydrogens (tertiary/aromatic N) is 1. The second-order valence-electron chi connectivity index (χ2n) is 4.24. The Morgan fingerprint density at radius 3 is 2.68 bits per heavy atom. The molecule has 0 aromatic carbocycles. The number of hydrogen-bond donors (Lipinski definition) is 4. The molecule has 1 aromatic heterocycles. The van der Waals surface area contributed by atoms with Crippen LogP contribution < -0.4 is 27.6 Å². The molecule has 0 fully saturated rings. The number of nitrogens with two attached hydrogens (primary N) is 1. The first-order chi connectivity index (χ1) is 8.88. The number of carbonyl (C=O) groups is 1. The summed E-state index contributed by atoms with van der Waals surface area (Å²) in [6.45, 7) is 4.10. The third-order valence-electron chi connectivity index (χ3n) is 2.67. The number of anilines is 2. The van der Waals surface area contributed by atoms with Gasteiger partial charge in [-0.15, -0.1) is 0 Å². The van der Waals surface area contributed by atoms with Crippen molar-refractivity contribution >= 4 is 17.4 Å². The molecule has 5 N–H and O–H groups in total. The van der Waals surface area contributed by atoms with Gasteiger partial charge in [0.1, 0.15) is 17.5 Å². The van der Waals surface area contributed by atoms with Crippen molar-refractivity contribution < 1.29 is 4.79 Å². The third kappa shape index (κ3) is 3.36. The number of aromatic amines is 1. The Morgan fingerprint density at radius 1 is 1.47 bits per heavy atom. The lowest BCUT2D eigenvalue weighted by molar-refractivity contribution is -0.121. The Bertz CT molecular complexity index is 575. The quantitative estimate of drug-likeness (QED) is 0.545.